The lowest BCUT2D eigenvalue weighted by Crippen LogP contribution is -2.42. The fraction of sp³-hybridized carbons (Fsp3) is 0.476. The molecule has 1 atom stereocenters. The molecule has 0 radical (unpaired) electrons. The van der Waals surface area contributed by atoms with Gasteiger partial charge in [-0.05, 0) is 29.8 Å². The quantitative estimate of drug-likeness (QED) is 0.215. The second-order valence-corrected chi connectivity index (χ2v) is 16.7. The number of alkyl halides is 3. The number of hydrogen-bond donors (Lipinski definition) is 0. The first-order valence-corrected chi connectivity index (χ1v) is 16.0. The van der Waals surface area contributed by atoms with Crippen molar-refractivity contribution in [2.24, 2.45) is 0 Å². The van der Waals surface area contributed by atoms with Gasteiger partial charge in [0.2, 0.25) is 10.0 Å². The molecule has 1 aromatic carbocycles. The fourth-order valence-corrected chi connectivity index (χ4v) is 5.72. The van der Waals surface area contributed by atoms with E-state index in [1.54, 1.807) is 0 Å². The smallest absolute Gasteiger partial charge is 0.359 e. The van der Waals surface area contributed by atoms with Crippen LogP contribution in [-0.4, -0.2) is 60.1 Å². The van der Waals surface area contributed by atoms with Crippen molar-refractivity contribution in [3.63, 3.8) is 0 Å². The number of nitrogens with zero attached hydrogens (tertiary/aromatic N) is 5. The standard InChI is InChI=1S/C21H27F4N5O3SSi/c1-5-30(19(21(23,24)25)15-6-8-16(22)9-7-15)34(31,32)17-12-18-20(26-13-17)29(28-27-18)14-33-10-11-35(2,3)4/h6-9,12-13,19H,5,10-11,14H2,1-4H3/t19-/m1/s1. The van der Waals surface area contributed by atoms with Gasteiger partial charge in [-0.25, -0.2) is 22.5 Å². The average Bonchev–Trinajstić information content (AvgIpc) is 3.16. The van der Waals surface area contributed by atoms with Crippen molar-refractivity contribution >= 4 is 29.3 Å². The van der Waals surface area contributed by atoms with Crippen LogP contribution < -0.4 is 0 Å². The molecule has 2 aromatic heterocycles. The summed E-state index contributed by atoms with van der Waals surface area (Å²) in [5.41, 5.74) is -0.0630. The summed E-state index contributed by atoms with van der Waals surface area (Å²) >= 11 is 0. The minimum absolute atomic E-state index is 0.0574. The minimum Gasteiger partial charge on any atom is -0.359 e. The number of halogens is 4. The van der Waals surface area contributed by atoms with Gasteiger partial charge in [-0.2, -0.15) is 17.5 Å². The second-order valence-electron chi connectivity index (χ2n) is 9.15. The Hall–Kier alpha value is -2.42. The van der Waals surface area contributed by atoms with Crippen LogP contribution in [0, 0.1) is 5.82 Å². The summed E-state index contributed by atoms with van der Waals surface area (Å²) in [5, 5.41) is 7.81. The number of aromatic nitrogens is 4. The summed E-state index contributed by atoms with van der Waals surface area (Å²) in [6, 6.07) is 3.10. The topological polar surface area (TPSA) is 90.2 Å². The van der Waals surface area contributed by atoms with Gasteiger partial charge in [0.05, 0.1) is 0 Å². The lowest BCUT2D eigenvalue weighted by Gasteiger charge is -2.31. The van der Waals surface area contributed by atoms with Crippen LogP contribution in [0.2, 0.25) is 25.7 Å². The highest BCUT2D eigenvalue weighted by molar-refractivity contribution is 7.89. The number of rotatable bonds is 10. The van der Waals surface area contributed by atoms with Gasteiger partial charge in [-0.15, -0.1) is 5.10 Å². The van der Waals surface area contributed by atoms with Crippen molar-refractivity contribution in [2.45, 2.75) is 56.5 Å². The van der Waals surface area contributed by atoms with E-state index in [9.17, 15) is 26.0 Å². The zero-order chi connectivity index (χ0) is 26.0. The molecule has 0 aliphatic heterocycles. The third kappa shape index (κ3) is 6.42. The largest absolute Gasteiger partial charge is 0.409 e. The molecule has 0 unspecified atom stereocenters. The predicted octanol–water partition coefficient (Wildman–Crippen LogP) is 4.59. The van der Waals surface area contributed by atoms with Crippen LogP contribution in [0.1, 0.15) is 18.5 Å². The number of pyridine rings is 1. The minimum atomic E-state index is -4.95. The Morgan fingerprint density at radius 2 is 1.83 bits per heavy atom. The Morgan fingerprint density at radius 3 is 2.40 bits per heavy atom. The molecule has 0 bridgehead atoms. The van der Waals surface area contributed by atoms with Crippen molar-refractivity contribution < 1.29 is 30.7 Å². The molecular weight excluding hydrogens is 506 g/mol. The van der Waals surface area contributed by atoms with Crippen molar-refractivity contribution in [3.8, 4) is 0 Å². The number of benzene rings is 1. The third-order valence-corrected chi connectivity index (χ3v) is 8.85. The van der Waals surface area contributed by atoms with Crippen LogP contribution in [0.3, 0.4) is 0 Å². The lowest BCUT2D eigenvalue weighted by molar-refractivity contribution is -0.173. The summed E-state index contributed by atoms with van der Waals surface area (Å²) < 4.78 is 89.2. The van der Waals surface area contributed by atoms with Crippen molar-refractivity contribution in [2.75, 3.05) is 13.2 Å². The number of sulfonamides is 1. The van der Waals surface area contributed by atoms with Crippen molar-refractivity contribution in [1.29, 1.82) is 0 Å². The maximum Gasteiger partial charge on any atom is 0.409 e. The van der Waals surface area contributed by atoms with Gasteiger partial charge < -0.3 is 4.74 Å². The van der Waals surface area contributed by atoms with Gasteiger partial charge in [0.25, 0.3) is 0 Å². The zero-order valence-electron chi connectivity index (χ0n) is 19.8. The van der Waals surface area contributed by atoms with Gasteiger partial charge in [0.15, 0.2) is 5.65 Å². The van der Waals surface area contributed by atoms with E-state index in [1.807, 2.05) is 0 Å². The molecule has 0 amide bonds. The molecule has 2 heterocycles. The van der Waals surface area contributed by atoms with E-state index in [1.165, 1.54) is 11.6 Å². The molecular formula is C21H27F4N5O3SSi. The maximum absolute atomic E-state index is 14.0. The van der Waals surface area contributed by atoms with Crippen LogP contribution in [0.4, 0.5) is 17.6 Å². The van der Waals surface area contributed by atoms with E-state index in [2.05, 4.69) is 34.9 Å². The normalized spacial score (nSPS) is 14.1. The second kappa shape index (κ2) is 10.3. The van der Waals surface area contributed by atoms with Crippen LogP contribution in [0.15, 0.2) is 41.4 Å². The Bertz CT molecular complexity index is 1260. The van der Waals surface area contributed by atoms with E-state index in [-0.39, 0.29) is 17.9 Å². The summed E-state index contributed by atoms with van der Waals surface area (Å²) in [7, 11) is -5.94. The lowest BCUT2D eigenvalue weighted by atomic mass is 10.1. The maximum atomic E-state index is 14.0. The summed E-state index contributed by atoms with van der Waals surface area (Å²) in [6.45, 7) is 8.02. The molecule has 0 fully saturated rings. The molecule has 0 saturated carbocycles. The number of fused-ring (bicyclic) bond motifs is 1. The van der Waals surface area contributed by atoms with Crippen LogP contribution in [0.5, 0.6) is 0 Å². The average molecular weight is 534 g/mol. The van der Waals surface area contributed by atoms with Gasteiger partial charge in [-0.3, -0.25) is 0 Å². The van der Waals surface area contributed by atoms with Crippen LogP contribution >= 0.6 is 0 Å². The molecule has 14 heteroatoms. The van der Waals surface area contributed by atoms with E-state index in [0.29, 0.717) is 10.9 Å². The SMILES string of the molecule is CCN([C@H](c1ccc(F)cc1)C(F)(F)F)S(=O)(=O)c1cnc2c(c1)nnn2COCC[Si](C)(C)C. The van der Waals surface area contributed by atoms with E-state index in [4.69, 9.17) is 4.74 Å². The van der Waals surface area contributed by atoms with Gasteiger partial charge in [0, 0.05) is 27.4 Å². The predicted molar refractivity (Wildman–Crippen MR) is 124 cm³/mol. The molecule has 192 valence electrons. The molecule has 0 saturated heterocycles. The highest BCUT2D eigenvalue weighted by Crippen LogP contribution is 2.40. The van der Waals surface area contributed by atoms with Crippen molar-refractivity contribution in [3.05, 3.63) is 47.9 Å². The summed E-state index contributed by atoms with van der Waals surface area (Å²) in [5.74, 6) is -0.734. The summed E-state index contributed by atoms with van der Waals surface area (Å²) in [6.07, 6.45) is -3.98. The Morgan fingerprint density at radius 1 is 1.17 bits per heavy atom. The molecule has 0 aliphatic rings. The van der Waals surface area contributed by atoms with Crippen molar-refractivity contribution in [1.82, 2.24) is 24.3 Å². The fourth-order valence-electron chi connectivity index (χ4n) is 3.39. The first-order valence-electron chi connectivity index (χ1n) is 10.8. The Kier molecular flexibility index (Phi) is 7.98. The molecule has 0 spiro atoms. The third-order valence-electron chi connectivity index (χ3n) is 5.24. The Labute approximate surface area is 202 Å². The number of ether oxygens (including phenoxy) is 1. The molecule has 3 aromatic rings. The molecule has 0 aliphatic carbocycles. The highest BCUT2D eigenvalue weighted by atomic mass is 32.2. The first kappa shape index (κ1) is 27.2. The zero-order valence-corrected chi connectivity index (χ0v) is 21.6. The van der Waals surface area contributed by atoms with Crippen LogP contribution in [-0.2, 0) is 21.5 Å². The van der Waals surface area contributed by atoms with Gasteiger partial charge in [-0.1, -0.05) is 43.9 Å². The van der Waals surface area contributed by atoms with E-state index < -0.39 is 53.1 Å². The first-order chi connectivity index (χ1) is 16.2. The van der Waals surface area contributed by atoms with E-state index in [0.717, 1.165) is 42.6 Å². The van der Waals surface area contributed by atoms with Crippen LogP contribution in [0.25, 0.3) is 11.2 Å². The number of hydrogen-bond acceptors (Lipinski definition) is 6. The van der Waals surface area contributed by atoms with Gasteiger partial charge >= 0.3 is 6.18 Å². The highest BCUT2D eigenvalue weighted by Gasteiger charge is 2.48. The summed E-state index contributed by atoms with van der Waals surface area (Å²) in [4.78, 5) is 3.62. The monoisotopic (exact) mass is 533 g/mol. The van der Waals surface area contributed by atoms with Gasteiger partial charge in [0.1, 0.15) is 29.0 Å². The Balaban J connectivity index is 1.91. The molecule has 8 nitrogen and oxygen atoms in total. The molecule has 3 rings (SSSR count). The molecule has 0 N–H and O–H groups in total. The van der Waals surface area contributed by atoms with E-state index >= 15 is 0 Å². The molecule has 35 heavy (non-hydrogen) atoms.